The summed E-state index contributed by atoms with van der Waals surface area (Å²) in [5.41, 5.74) is 2.10. The Labute approximate surface area is 129 Å². The van der Waals surface area contributed by atoms with Crippen molar-refractivity contribution in [3.8, 4) is 0 Å². The van der Waals surface area contributed by atoms with Gasteiger partial charge in [0.05, 0.1) is 27.3 Å². The van der Waals surface area contributed by atoms with Crippen molar-refractivity contribution in [1.29, 1.82) is 0 Å². The number of hydrogen-bond acceptors (Lipinski definition) is 2. The number of ketones is 1. The Kier molecular flexibility index (Phi) is 4.60. The lowest BCUT2D eigenvalue weighted by Crippen LogP contribution is -2.08. The number of carbonyl (C=O) groups is 1. The van der Waals surface area contributed by atoms with E-state index in [1.54, 1.807) is 11.7 Å². The molecule has 0 unspecified atom stereocenters. The maximum atomic E-state index is 13.1. The molecule has 0 aliphatic heterocycles. The standard InChI is InChI=1S/C14H13BrClFN2O/c1-3-11-14(15)12(19(2)18-11)7-13(20)8-4-5-10(17)9(16)6-8/h4-6H,3,7H2,1-2H3. The zero-order valence-corrected chi connectivity index (χ0v) is 13.4. The van der Waals surface area contributed by atoms with Gasteiger partial charge in [0.2, 0.25) is 0 Å². The summed E-state index contributed by atoms with van der Waals surface area (Å²) in [6.07, 6.45) is 0.969. The molecule has 3 nitrogen and oxygen atoms in total. The van der Waals surface area contributed by atoms with Crippen LogP contribution in [0.3, 0.4) is 0 Å². The van der Waals surface area contributed by atoms with Gasteiger partial charge < -0.3 is 0 Å². The lowest BCUT2D eigenvalue weighted by atomic mass is 10.1. The summed E-state index contributed by atoms with van der Waals surface area (Å²) < 4.78 is 15.6. The van der Waals surface area contributed by atoms with E-state index in [1.807, 2.05) is 6.92 Å². The quantitative estimate of drug-likeness (QED) is 0.774. The molecule has 0 bridgehead atoms. The third-order valence-electron chi connectivity index (χ3n) is 3.07. The normalized spacial score (nSPS) is 10.8. The molecule has 2 rings (SSSR count). The topological polar surface area (TPSA) is 34.9 Å². The van der Waals surface area contributed by atoms with Crippen LogP contribution in [0, 0.1) is 5.82 Å². The lowest BCUT2D eigenvalue weighted by molar-refractivity contribution is 0.0990. The SMILES string of the molecule is CCc1nn(C)c(CC(=O)c2ccc(F)c(Cl)c2)c1Br. The summed E-state index contributed by atoms with van der Waals surface area (Å²) >= 11 is 9.16. The van der Waals surface area contributed by atoms with E-state index in [4.69, 9.17) is 11.6 Å². The molecule has 0 spiro atoms. The second-order valence-corrected chi connectivity index (χ2v) is 5.61. The summed E-state index contributed by atoms with van der Waals surface area (Å²) in [6.45, 7) is 2.00. The van der Waals surface area contributed by atoms with Crippen LogP contribution in [-0.4, -0.2) is 15.6 Å². The van der Waals surface area contributed by atoms with Crippen LogP contribution in [0.15, 0.2) is 22.7 Å². The second-order valence-electron chi connectivity index (χ2n) is 4.41. The summed E-state index contributed by atoms with van der Waals surface area (Å²) in [4.78, 5) is 12.2. The number of halogens is 3. The highest BCUT2D eigenvalue weighted by molar-refractivity contribution is 9.10. The van der Waals surface area contributed by atoms with Crippen LogP contribution >= 0.6 is 27.5 Å². The van der Waals surface area contributed by atoms with Crippen molar-refractivity contribution in [1.82, 2.24) is 9.78 Å². The molecule has 1 aromatic heterocycles. The maximum absolute atomic E-state index is 13.1. The van der Waals surface area contributed by atoms with Crippen LogP contribution in [0.2, 0.25) is 5.02 Å². The van der Waals surface area contributed by atoms with Crippen LogP contribution < -0.4 is 0 Å². The van der Waals surface area contributed by atoms with Crippen LogP contribution in [0.5, 0.6) is 0 Å². The first-order chi connectivity index (χ1) is 9.43. The van der Waals surface area contributed by atoms with Gasteiger partial charge in [-0.05, 0) is 40.5 Å². The molecule has 0 fully saturated rings. The van der Waals surface area contributed by atoms with Crippen molar-refractivity contribution in [2.75, 3.05) is 0 Å². The summed E-state index contributed by atoms with van der Waals surface area (Å²) in [5, 5.41) is 4.29. The van der Waals surface area contributed by atoms with Gasteiger partial charge in [0.25, 0.3) is 0 Å². The summed E-state index contributed by atoms with van der Waals surface area (Å²) in [7, 11) is 1.80. The summed E-state index contributed by atoms with van der Waals surface area (Å²) in [6, 6.07) is 3.99. The Bertz CT molecular complexity index is 669. The average molecular weight is 360 g/mol. The number of Topliss-reactive ketones (excluding diaryl/α,β-unsaturated/α-hetero) is 1. The molecule has 1 aromatic carbocycles. The molecular weight excluding hydrogens is 347 g/mol. The van der Waals surface area contributed by atoms with E-state index >= 15 is 0 Å². The predicted molar refractivity (Wildman–Crippen MR) is 79.7 cm³/mol. The number of carbonyl (C=O) groups excluding carboxylic acids is 1. The highest BCUT2D eigenvalue weighted by Gasteiger charge is 2.17. The number of hydrogen-bond donors (Lipinski definition) is 0. The number of aryl methyl sites for hydroxylation is 2. The molecule has 6 heteroatoms. The Morgan fingerprint density at radius 2 is 2.20 bits per heavy atom. The largest absolute Gasteiger partial charge is 0.294 e. The van der Waals surface area contributed by atoms with E-state index in [1.165, 1.54) is 18.2 Å². The molecule has 106 valence electrons. The number of benzene rings is 1. The van der Waals surface area contributed by atoms with Gasteiger partial charge in [0.15, 0.2) is 5.78 Å². The minimum atomic E-state index is -0.529. The molecule has 0 aliphatic rings. The van der Waals surface area contributed by atoms with Gasteiger partial charge in [-0.25, -0.2) is 4.39 Å². The van der Waals surface area contributed by atoms with Crippen LogP contribution in [-0.2, 0) is 19.9 Å². The van der Waals surface area contributed by atoms with Gasteiger partial charge in [0, 0.05) is 12.6 Å². The van der Waals surface area contributed by atoms with E-state index < -0.39 is 5.82 Å². The molecule has 20 heavy (non-hydrogen) atoms. The molecule has 0 amide bonds. The van der Waals surface area contributed by atoms with Gasteiger partial charge in [0.1, 0.15) is 5.82 Å². The minimum Gasteiger partial charge on any atom is -0.294 e. The van der Waals surface area contributed by atoms with E-state index in [0.29, 0.717) is 5.56 Å². The predicted octanol–water partition coefficient (Wildman–Crippen LogP) is 3.96. The third-order valence-corrected chi connectivity index (χ3v) is 4.28. The highest BCUT2D eigenvalue weighted by atomic mass is 79.9. The Hall–Kier alpha value is -1.20. The van der Waals surface area contributed by atoms with Crippen molar-refractivity contribution in [3.63, 3.8) is 0 Å². The minimum absolute atomic E-state index is 0.0471. The first-order valence-electron chi connectivity index (χ1n) is 6.12. The number of nitrogens with zero attached hydrogens (tertiary/aromatic N) is 2. The van der Waals surface area contributed by atoms with Gasteiger partial charge in [-0.15, -0.1) is 0 Å². The van der Waals surface area contributed by atoms with Crippen LogP contribution in [0.25, 0.3) is 0 Å². The Morgan fingerprint density at radius 1 is 1.50 bits per heavy atom. The van der Waals surface area contributed by atoms with Gasteiger partial charge in [-0.1, -0.05) is 18.5 Å². The van der Waals surface area contributed by atoms with Crippen LogP contribution in [0.4, 0.5) is 4.39 Å². The lowest BCUT2D eigenvalue weighted by Gasteiger charge is -2.04. The highest BCUT2D eigenvalue weighted by Crippen LogP contribution is 2.24. The van der Waals surface area contributed by atoms with Gasteiger partial charge >= 0.3 is 0 Å². The van der Waals surface area contributed by atoms with E-state index in [-0.39, 0.29) is 17.2 Å². The molecule has 0 atom stereocenters. The number of rotatable bonds is 4. The van der Waals surface area contributed by atoms with Crippen molar-refractivity contribution >= 4 is 33.3 Å². The average Bonchev–Trinajstić information content (AvgIpc) is 2.69. The Balaban J connectivity index is 2.28. The fourth-order valence-corrected chi connectivity index (χ4v) is 2.87. The first-order valence-corrected chi connectivity index (χ1v) is 7.29. The molecule has 1 heterocycles. The second kappa shape index (κ2) is 6.06. The molecule has 2 aromatic rings. The first kappa shape index (κ1) is 15.2. The smallest absolute Gasteiger partial charge is 0.168 e. The number of aromatic nitrogens is 2. The third kappa shape index (κ3) is 2.94. The van der Waals surface area contributed by atoms with Gasteiger partial charge in [-0.2, -0.15) is 5.10 Å². The van der Waals surface area contributed by atoms with Crippen LogP contribution in [0.1, 0.15) is 28.7 Å². The summed E-state index contributed by atoms with van der Waals surface area (Å²) in [5.74, 6) is -0.656. The fraction of sp³-hybridized carbons (Fsp3) is 0.286. The molecule has 0 N–H and O–H groups in total. The maximum Gasteiger partial charge on any atom is 0.168 e. The van der Waals surface area contributed by atoms with Gasteiger partial charge in [-0.3, -0.25) is 9.48 Å². The van der Waals surface area contributed by atoms with Crippen molar-refractivity contribution in [2.24, 2.45) is 7.05 Å². The fourth-order valence-electron chi connectivity index (χ4n) is 1.94. The zero-order valence-electron chi connectivity index (χ0n) is 11.1. The van der Waals surface area contributed by atoms with E-state index in [9.17, 15) is 9.18 Å². The van der Waals surface area contributed by atoms with Crippen molar-refractivity contribution in [3.05, 3.63) is 50.5 Å². The van der Waals surface area contributed by atoms with Crippen molar-refractivity contribution in [2.45, 2.75) is 19.8 Å². The van der Waals surface area contributed by atoms with E-state index in [2.05, 4.69) is 21.0 Å². The van der Waals surface area contributed by atoms with E-state index in [0.717, 1.165) is 22.3 Å². The monoisotopic (exact) mass is 358 g/mol. The molecule has 0 saturated carbocycles. The zero-order chi connectivity index (χ0) is 14.9. The van der Waals surface area contributed by atoms with Crippen molar-refractivity contribution < 1.29 is 9.18 Å². The molecular formula is C14H13BrClFN2O. The molecule has 0 saturated heterocycles. The molecule has 0 radical (unpaired) electrons. The Morgan fingerprint density at radius 3 is 2.75 bits per heavy atom. The molecule has 0 aliphatic carbocycles.